The summed E-state index contributed by atoms with van der Waals surface area (Å²) in [5.74, 6) is 0.321. The molecule has 0 radical (unpaired) electrons. The molecule has 0 aromatic heterocycles. The monoisotopic (exact) mass is 275 g/mol. The summed E-state index contributed by atoms with van der Waals surface area (Å²) in [6, 6.07) is 10.5. The summed E-state index contributed by atoms with van der Waals surface area (Å²) in [6.45, 7) is 4.22. The summed E-state index contributed by atoms with van der Waals surface area (Å²) < 4.78 is 0. The fourth-order valence-corrected chi connectivity index (χ4v) is 2.71. The number of hydrogen-bond acceptors (Lipinski definition) is 3. The summed E-state index contributed by atoms with van der Waals surface area (Å²) in [4.78, 5) is 14.5. The van der Waals surface area contributed by atoms with Crippen molar-refractivity contribution in [1.29, 1.82) is 0 Å². The van der Waals surface area contributed by atoms with E-state index in [0.29, 0.717) is 13.1 Å². The third kappa shape index (κ3) is 4.62. The molecule has 2 rings (SSSR count). The van der Waals surface area contributed by atoms with Crippen molar-refractivity contribution in [3.05, 3.63) is 35.9 Å². The molecule has 0 spiro atoms. The Hall–Kier alpha value is -1.39. The number of carbonyl (C=O) groups is 1. The highest BCUT2D eigenvalue weighted by molar-refractivity contribution is 5.78. The van der Waals surface area contributed by atoms with E-state index in [0.717, 1.165) is 38.9 Å². The Labute approximate surface area is 121 Å². The minimum absolute atomic E-state index is 0.130. The molecule has 0 aliphatic carbocycles. The molecule has 4 heteroatoms. The minimum atomic E-state index is 0.130. The van der Waals surface area contributed by atoms with E-state index in [1.807, 2.05) is 6.07 Å². The van der Waals surface area contributed by atoms with Crippen LogP contribution in [0.5, 0.6) is 0 Å². The smallest absolute Gasteiger partial charge is 0.224 e. The molecule has 0 saturated carbocycles. The van der Waals surface area contributed by atoms with E-state index in [2.05, 4.69) is 34.5 Å². The second-order valence-electron chi connectivity index (χ2n) is 5.49. The molecule has 1 aromatic carbocycles. The number of benzene rings is 1. The van der Waals surface area contributed by atoms with Crippen LogP contribution in [0.15, 0.2) is 30.3 Å². The molecule has 1 saturated heterocycles. The molecule has 1 amide bonds. The number of nitrogens with one attached hydrogen (secondary N) is 1. The number of carbonyl (C=O) groups excluding carboxylic acids is 1. The Morgan fingerprint density at radius 1 is 1.35 bits per heavy atom. The van der Waals surface area contributed by atoms with E-state index in [1.54, 1.807) is 0 Å². The van der Waals surface area contributed by atoms with Gasteiger partial charge in [-0.25, -0.2) is 0 Å². The van der Waals surface area contributed by atoms with Gasteiger partial charge in [-0.05, 0) is 37.9 Å². The van der Waals surface area contributed by atoms with Crippen LogP contribution in [0, 0.1) is 5.92 Å². The van der Waals surface area contributed by atoms with Gasteiger partial charge in [-0.3, -0.25) is 9.69 Å². The number of rotatable bonds is 6. The van der Waals surface area contributed by atoms with Crippen LogP contribution in [0.3, 0.4) is 0 Å². The van der Waals surface area contributed by atoms with E-state index in [9.17, 15) is 4.79 Å². The van der Waals surface area contributed by atoms with E-state index >= 15 is 0 Å². The molecule has 1 aromatic rings. The number of hydrogen-bond donors (Lipinski definition) is 2. The van der Waals surface area contributed by atoms with E-state index in [4.69, 9.17) is 5.73 Å². The zero-order valence-corrected chi connectivity index (χ0v) is 12.1. The number of nitrogens with zero attached hydrogens (tertiary/aromatic N) is 1. The quantitative estimate of drug-likeness (QED) is 0.771. The van der Waals surface area contributed by atoms with Gasteiger partial charge in [0.05, 0.1) is 5.92 Å². The largest absolute Gasteiger partial charge is 0.356 e. The predicted molar refractivity (Wildman–Crippen MR) is 81.1 cm³/mol. The molecule has 1 aliphatic heterocycles. The first-order chi connectivity index (χ1) is 9.79. The van der Waals surface area contributed by atoms with Gasteiger partial charge in [-0.15, -0.1) is 0 Å². The second-order valence-corrected chi connectivity index (χ2v) is 5.49. The maximum absolute atomic E-state index is 12.1. The maximum atomic E-state index is 12.1. The Kier molecular flexibility index (Phi) is 6.02. The highest BCUT2D eigenvalue weighted by Gasteiger charge is 2.25. The Bertz CT molecular complexity index is 407. The van der Waals surface area contributed by atoms with E-state index < -0.39 is 0 Å². The Morgan fingerprint density at radius 3 is 2.90 bits per heavy atom. The van der Waals surface area contributed by atoms with Crippen LogP contribution in [0.25, 0.3) is 0 Å². The number of likely N-dealkylation sites (tertiary alicyclic amines) is 1. The standard InChI is InChI=1S/C16H25N3O/c17-9-5-10-18-16(20)15-8-4-11-19(13-15)12-14-6-2-1-3-7-14/h1-3,6-7,15H,4-5,8-13,17H2,(H,18,20). The maximum Gasteiger partial charge on any atom is 0.224 e. The lowest BCUT2D eigenvalue weighted by Crippen LogP contribution is -2.43. The van der Waals surface area contributed by atoms with Gasteiger partial charge in [0.15, 0.2) is 0 Å². The third-order valence-corrected chi connectivity index (χ3v) is 3.81. The first kappa shape index (κ1) is 15.0. The van der Waals surface area contributed by atoms with Crippen LogP contribution >= 0.6 is 0 Å². The molecule has 0 bridgehead atoms. The lowest BCUT2D eigenvalue weighted by molar-refractivity contribution is -0.126. The van der Waals surface area contributed by atoms with Crippen molar-refractivity contribution in [2.24, 2.45) is 11.7 Å². The van der Waals surface area contributed by atoms with Gasteiger partial charge < -0.3 is 11.1 Å². The fourth-order valence-electron chi connectivity index (χ4n) is 2.71. The Morgan fingerprint density at radius 2 is 2.15 bits per heavy atom. The molecule has 110 valence electrons. The predicted octanol–water partition coefficient (Wildman–Crippen LogP) is 1.36. The number of amides is 1. The van der Waals surface area contributed by atoms with Gasteiger partial charge in [-0.1, -0.05) is 30.3 Å². The van der Waals surface area contributed by atoms with Crippen molar-refractivity contribution in [2.75, 3.05) is 26.2 Å². The molecule has 1 fully saturated rings. The average Bonchev–Trinajstić information content (AvgIpc) is 2.49. The van der Waals surface area contributed by atoms with Gasteiger partial charge in [0.25, 0.3) is 0 Å². The highest BCUT2D eigenvalue weighted by Crippen LogP contribution is 2.18. The zero-order chi connectivity index (χ0) is 14.2. The molecule has 3 N–H and O–H groups in total. The van der Waals surface area contributed by atoms with Crippen molar-refractivity contribution in [1.82, 2.24) is 10.2 Å². The molecule has 20 heavy (non-hydrogen) atoms. The molecular weight excluding hydrogens is 250 g/mol. The average molecular weight is 275 g/mol. The summed E-state index contributed by atoms with van der Waals surface area (Å²) in [6.07, 6.45) is 2.95. The van der Waals surface area contributed by atoms with Crippen LogP contribution in [0.2, 0.25) is 0 Å². The molecule has 4 nitrogen and oxygen atoms in total. The zero-order valence-electron chi connectivity index (χ0n) is 12.1. The Balaban J connectivity index is 1.80. The summed E-state index contributed by atoms with van der Waals surface area (Å²) in [5, 5.41) is 2.99. The van der Waals surface area contributed by atoms with Crippen molar-refractivity contribution in [3.8, 4) is 0 Å². The lowest BCUT2D eigenvalue weighted by Gasteiger charge is -2.32. The van der Waals surface area contributed by atoms with Crippen LogP contribution in [-0.2, 0) is 11.3 Å². The lowest BCUT2D eigenvalue weighted by atomic mass is 9.96. The van der Waals surface area contributed by atoms with Crippen molar-refractivity contribution in [2.45, 2.75) is 25.8 Å². The van der Waals surface area contributed by atoms with Gasteiger partial charge in [0.1, 0.15) is 0 Å². The second kappa shape index (κ2) is 8.02. The van der Waals surface area contributed by atoms with Crippen LogP contribution in [0.1, 0.15) is 24.8 Å². The van der Waals surface area contributed by atoms with Crippen LogP contribution in [0.4, 0.5) is 0 Å². The first-order valence-electron chi connectivity index (χ1n) is 7.53. The molecular formula is C16H25N3O. The third-order valence-electron chi connectivity index (χ3n) is 3.81. The van der Waals surface area contributed by atoms with Gasteiger partial charge in [0.2, 0.25) is 5.91 Å². The van der Waals surface area contributed by atoms with Crippen LogP contribution in [-0.4, -0.2) is 37.0 Å². The van der Waals surface area contributed by atoms with Crippen molar-refractivity contribution >= 4 is 5.91 Å². The minimum Gasteiger partial charge on any atom is -0.356 e. The van der Waals surface area contributed by atoms with Gasteiger partial charge in [0, 0.05) is 19.6 Å². The summed E-state index contributed by atoms with van der Waals surface area (Å²) in [7, 11) is 0. The van der Waals surface area contributed by atoms with Crippen molar-refractivity contribution in [3.63, 3.8) is 0 Å². The SMILES string of the molecule is NCCCNC(=O)C1CCCN(Cc2ccccc2)C1. The highest BCUT2D eigenvalue weighted by atomic mass is 16.1. The molecule has 1 unspecified atom stereocenters. The molecule has 1 atom stereocenters. The normalized spacial score (nSPS) is 19.8. The van der Waals surface area contributed by atoms with Crippen molar-refractivity contribution < 1.29 is 4.79 Å². The number of nitrogens with two attached hydrogens (primary N) is 1. The fraction of sp³-hybridized carbons (Fsp3) is 0.562. The topological polar surface area (TPSA) is 58.4 Å². The molecule has 1 aliphatic rings. The number of piperidine rings is 1. The van der Waals surface area contributed by atoms with Gasteiger partial charge >= 0.3 is 0 Å². The first-order valence-corrected chi connectivity index (χ1v) is 7.53. The summed E-state index contributed by atoms with van der Waals surface area (Å²) in [5.41, 5.74) is 6.76. The van der Waals surface area contributed by atoms with Gasteiger partial charge in [-0.2, -0.15) is 0 Å². The van der Waals surface area contributed by atoms with Crippen LogP contribution < -0.4 is 11.1 Å². The summed E-state index contributed by atoms with van der Waals surface area (Å²) >= 11 is 0. The van der Waals surface area contributed by atoms with E-state index in [-0.39, 0.29) is 11.8 Å². The molecule has 1 heterocycles. The van der Waals surface area contributed by atoms with E-state index in [1.165, 1.54) is 5.56 Å².